The first-order valence-corrected chi connectivity index (χ1v) is 10.7. The second kappa shape index (κ2) is 10.1. The minimum absolute atomic E-state index is 0.0870. The highest BCUT2D eigenvalue weighted by Crippen LogP contribution is 2.35. The Morgan fingerprint density at radius 3 is 2.67 bits per heavy atom. The largest absolute Gasteiger partial charge is 0.489 e. The Morgan fingerprint density at radius 2 is 2.10 bits per heavy atom. The van der Waals surface area contributed by atoms with E-state index in [9.17, 15) is 9.59 Å². The van der Waals surface area contributed by atoms with Gasteiger partial charge in [-0.3, -0.25) is 4.99 Å². The Bertz CT molecular complexity index is 969. The van der Waals surface area contributed by atoms with Gasteiger partial charge in [0, 0.05) is 13.1 Å². The van der Waals surface area contributed by atoms with Gasteiger partial charge in [0.15, 0.2) is 5.17 Å². The Hall–Kier alpha value is -3.02. The molecule has 0 amide bonds. The average Bonchev–Trinajstić information content (AvgIpc) is 3.09. The quantitative estimate of drug-likeness (QED) is 0.661. The first kappa shape index (κ1) is 21.7. The number of carboxylic acid groups (broad SMARTS) is 1. The lowest BCUT2D eigenvalue weighted by atomic mass is 10.0. The van der Waals surface area contributed by atoms with Gasteiger partial charge in [0.1, 0.15) is 24.0 Å². The number of ether oxygens (including phenoxy) is 1. The van der Waals surface area contributed by atoms with Gasteiger partial charge in [-0.25, -0.2) is 9.59 Å². The fourth-order valence-corrected chi connectivity index (χ4v) is 4.47. The lowest BCUT2D eigenvalue weighted by Gasteiger charge is -2.15. The summed E-state index contributed by atoms with van der Waals surface area (Å²) in [7, 11) is 0. The van der Waals surface area contributed by atoms with Gasteiger partial charge < -0.3 is 14.7 Å². The zero-order valence-corrected chi connectivity index (χ0v) is 17.8. The molecule has 1 unspecified atom stereocenters. The van der Waals surface area contributed by atoms with Gasteiger partial charge in [-0.2, -0.15) is 0 Å². The predicted octanol–water partition coefficient (Wildman–Crippen LogP) is 4.20. The molecule has 7 heteroatoms. The minimum atomic E-state index is -0.942. The molecule has 3 rings (SSSR count). The van der Waals surface area contributed by atoms with Crippen molar-refractivity contribution in [2.75, 3.05) is 13.1 Å². The lowest BCUT2D eigenvalue weighted by molar-refractivity contribution is 0.0696. The van der Waals surface area contributed by atoms with Gasteiger partial charge in [0.05, 0.1) is 10.8 Å². The van der Waals surface area contributed by atoms with Gasteiger partial charge in [0.25, 0.3) is 0 Å². The number of carbonyl (C=O) groups excluding carboxylic acids is 1. The van der Waals surface area contributed by atoms with Crippen LogP contribution in [0.4, 0.5) is 0 Å². The van der Waals surface area contributed by atoms with E-state index in [1.54, 1.807) is 36.0 Å². The number of allylic oxidation sites excluding steroid dienone is 4. The van der Waals surface area contributed by atoms with Gasteiger partial charge in [-0.05, 0) is 55.7 Å². The number of carboxylic acids is 1. The highest BCUT2D eigenvalue weighted by atomic mass is 32.2. The molecule has 6 nitrogen and oxygen atoms in total. The van der Waals surface area contributed by atoms with Crippen molar-refractivity contribution in [2.45, 2.75) is 32.1 Å². The molecular weight excluding hydrogens is 400 g/mol. The Morgan fingerprint density at radius 1 is 1.33 bits per heavy atom. The number of benzene rings is 1. The van der Waals surface area contributed by atoms with Crippen LogP contribution in [0.5, 0.6) is 0 Å². The standard InChI is InChI=1S/C23H24N2O4S/c1-3-24-23-25(4-2)20(14-26)21(30-23)13-16-7-11-19(12-8-16)29-15-17-5-9-18(10-6-17)22(27)28/h5-7,9-13,21H,3-4,8,15H2,1-2H3,(H,27,28). The normalized spacial score (nSPS) is 21.1. The van der Waals surface area contributed by atoms with E-state index in [1.165, 1.54) is 0 Å². The van der Waals surface area contributed by atoms with Gasteiger partial charge in [-0.15, -0.1) is 0 Å². The molecule has 156 valence electrons. The summed E-state index contributed by atoms with van der Waals surface area (Å²) in [5, 5.41) is 9.73. The van der Waals surface area contributed by atoms with Crippen LogP contribution >= 0.6 is 11.8 Å². The van der Waals surface area contributed by atoms with Crippen molar-refractivity contribution in [1.29, 1.82) is 0 Å². The maximum absolute atomic E-state index is 11.5. The molecule has 1 aromatic carbocycles. The van der Waals surface area contributed by atoms with Crippen molar-refractivity contribution in [3.63, 3.8) is 0 Å². The highest BCUT2D eigenvalue weighted by molar-refractivity contribution is 8.15. The van der Waals surface area contributed by atoms with Gasteiger partial charge in [-0.1, -0.05) is 36.0 Å². The summed E-state index contributed by atoms with van der Waals surface area (Å²) >= 11 is 1.58. The molecule has 0 saturated carbocycles. The smallest absolute Gasteiger partial charge is 0.335 e. The van der Waals surface area contributed by atoms with Crippen LogP contribution in [0, 0.1) is 0 Å². The SMILES string of the molecule is CCN=C1SC(C=C2C=CC(OCc3ccc(C(=O)O)cc3)=CC2)C(=C=O)N1CC. The maximum Gasteiger partial charge on any atom is 0.335 e. The highest BCUT2D eigenvalue weighted by Gasteiger charge is 2.33. The second-order valence-corrected chi connectivity index (χ2v) is 7.81. The van der Waals surface area contributed by atoms with E-state index in [0.29, 0.717) is 31.8 Å². The molecule has 1 fully saturated rings. The predicted molar refractivity (Wildman–Crippen MR) is 119 cm³/mol. The molecule has 1 aliphatic heterocycles. The van der Waals surface area contributed by atoms with Crippen LogP contribution in [0.2, 0.25) is 0 Å². The topological polar surface area (TPSA) is 79.2 Å². The summed E-state index contributed by atoms with van der Waals surface area (Å²) < 4.78 is 5.81. The molecule has 2 aliphatic rings. The fourth-order valence-electron chi connectivity index (χ4n) is 3.16. The number of hydrogen-bond acceptors (Lipinski definition) is 5. The summed E-state index contributed by atoms with van der Waals surface area (Å²) in [5.41, 5.74) is 2.88. The molecule has 1 aromatic rings. The molecule has 1 aliphatic carbocycles. The van der Waals surface area contributed by atoms with E-state index in [4.69, 9.17) is 9.84 Å². The molecule has 30 heavy (non-hydrogen) atoms. The van der Waals surface area contributed by atoms with Crippen molar-refractivity contribution in [3.05, 3.63) is 76.7 Å². The fraction of sp³-hybridized carbons (Fsp3) is 0.304. The van der Waals surface area contributed by atoms with E-state index < -0.39 is 5.97 Å². The summed E-state index contributed by atoms with van der Waals surface area (Å²) in [6.07, 6.45) is 8.69. The summed E-state index contributed by atoms with van der Waals surface area (Å²) in [6, 6.07) is 6.64. The van der Waals surface area contributed by atoms with E-state index in [1.807, 2.05) is 37.0 Å². The third kappa shape index (κ3) is 5.12. The number of aromatic carboxylic acids is 1. The van der Waals surface area contributed by atoms with Crippen LogP contribution in [0.1, 0.15) is 36.2 Å². The summed E-state index contributed by atoms with van der Waals surface area (Å²) in [6.45, 7) is 5.72. The van der Waals surface area contributed by atoms with Gasteiger partial charge >= 0.3 is 5.97 Å². The second-order valence-electron chi connectivity index (χ2n) is 6.70. The van der Waals surface area contributed by atoms with Gasteiger partial charge in [0.2, 0.25) is 0 Å². The zero-order valence-electron chi connectivity index (χ0n) is 17.0. The van der Waals surface area contributed by atoms with Crippen LogP contribution in [-0.4, -0.2) is 45.4 Å². The molecule has 1 atom stereocenters. The maximum atomic E-state index is 11.5. The molecule has 0 radical (unpaired) electrons. The zero-order chi connectivity index (χ0) is 21.5. The Balaban J connectivity index is 1.61. The van der Waals surface area contributed by atoms with E-state index >= 15 is 0 Å². The van der Waals surface area contributed by atoms with Crippen LogP contribution in [-0.2, 0) is 16.1 Å². The number of amidine groups is 1. The van der Waals surface area contributed by atoms with E-state index in [-0.39, 0.29) is 10.8 Å². The summed E-state index contributed by atoms with van der Waals surface area (Å²) in [5.74, 6) is 1.92. The molecule has 0 bridgehead atoms. The minimum Gasteiger partial charge on any atom is -0.489 e. The van der Waals surface area contributed by atoms with Crippen molar-refractivity contribution in [3.8, 4) is 0 Å². The number of nitrogens with zero attached hydrogens (tertiary/aromatic N) is 2. The van der Waals surface area contributed by atoms with Crippen LogP contribution < -0.4 is 0 Å². The summed E-state index contributed by atoms with van der Waals surface area (Å²) in [4.78, 5) is 28.9. The third-order valence-electron chi connectivity index (χ3n) is 4.71. The number of rotatable bonds is 7. The average molecular weight is 425 g/mol. The number of hydrogen-bond donors (Lipinski definition) is 1. The first-order chi connectivity index (χ1) is 14.5. The Labute approximate surface area is 180 Å². The van der Waals surface area contributed by atoms with Crippen molar-refractivity contribution < 1.29 is 19.4 Å². The molecule has 0 aromatic heterocycles. The third-order valence-corrected chi connectivity index (χ3v) is 5.88. The Kier molecular flexibility index (Phi) is 7.33. The van der Waals surface area contributed by atoms with Crippen LogP contribution in [0.15, 0.2) is 70.6 Å². The molecule has 1 heterocycles. The molecule has 1 saturated heterocycles. The van der Waals surface area contributed by atoms with Crippen molar-refractivity contribution >= 4 is 28.8 Å². The lowest BCUT2D eigenvalue weighted by Crippen LogP contribution is -2.24. The number of thioether (sulfide) groups is 1. The van der Waals surface area contributed by atoms with E-state index in [0.717, 1.165) is 22.1 Å². The van der Waals surface area contributed by atoms with Crippen LogP contribution in [0.25, 0.3) is 0 Å². The number of aliphatic imine (C=N–C) groups is 1. The van der Waals surface area contributed by atoms with Crippen LogP contribution in [0.3, 0.4) is 0 Å². The molecule has 0 spiro atoms. The number of carbonyl (C=O) groups is 1. The van der Waals surface area contributed by atoms with Crippen molar-refractivity contribution in [1.82, 2.24) is 4.90 Å². The monoisotopic (exact) mass is 424 g/mol. The molecular formula is C23H24N2O4S. The van der Waals surface area contributed by atoms with E-state index in [2.05, 4.69) is 17.0 Å². The first-order valence-electron chi connectivity index (χ1n) is 9.83. The molecule has 1 N–H and O–H groups in total. The van der Waals surface area contributed by atoms with Crippen molar-refractivity contribution in [2.24, 2.45) is 4.99 Å².